The van der Waals surface area contributed by atoms with Crippen LogP contribution in [-0.4, -0.2) is 61.5 Å². The molecule has 0 aromatic rings. The molecule has 0 aromatic heterocycles. The Bertz CT molecular complexity index is 302. The van der Waals surface area contributed by atoms with Gasteiger partial charge in [0.1, 0.15) is 0 Å². The van der Waals surface area contributed by atoms with Crippen molar-refractivity contribution in [3.05, 3.63) is 0 Å². The van der Waals surface area contributed by atoms with Gasteiger partial charge in [0.05, 0.1) is 0 Å². The molecule has 20 heavy (non-hydrogen) atoms. The van der Waals surface area contributed by atoms with Crippen LogP contribution in [0.15, 0.2) is 4.99 Å². The molecule has 1 fully saturated rings. The van der Waals surface area contributed by atoms with E-state index in [4.69, 9.17) is 0 Å². The van der Waals surface area contributed by atoms with Crippen LogP contribution in [0.4, 0.5) is 0 Å². The van der Waals surface area contributed by atoms with Gasteiger partial charge in [0, 0.05) is 44.9 Å². The highest BCUT2D eigenvalue weighted by atomic mass is 127. The molecule has 2 N–H and O–H groups in total. The Labute approximate surface area is 143 Å². The third-order valence-corrected chi connectivity index (χ3v) is 3.58. The standard InChI is InChI=1S/C13H26N4OS.HI/c1-3-14-13(16-8-11-19-2)15-7-5-10-17-9-4-6-12(17)18;/h3-11H2,1-2H3,(H2,14,15,16);1H. The van der Waals surface area contributed by atoms with Crippen LogP contribution in [0.1, 0.15) is 26.2 Å². The van der Waals surface area contributed by atoms with E-state index >= 15 is 0 Å². The second-order valence-electron chi connectivity index (χ2n) is 4.52. The molecule has 0 bridgehead atoms. The number of halogens is 1. The average molecular weight is 414 g/mol. The monoisotopic (exact) mass is 414 g/mol. The Hall–Kier alpha value is -0.180. The maximum Gasteiger partial charge on any atom is 0.222 e. The van der Waals surface area contributed by atoms with Crippen LogP contribution in [0.3, 0.4) is 0 Å². The number of guanidine groups is 1. The molecule has 5 nitrogen and oxygen atoms in total. The van der Waals surface area contributed by atoms with E-state index in [2.05, 4.69) is 28.8 Å². The molecular weight excluding hydrogens is 387 g/mol. The number of hydrogen-bond acceptors (Lipinski definition) is 3. The third kappa shape index (κ3) is 8.18. The zero-order valence-electron chi connectivity index (χ0n) is 12.5. The SMILES string of the molecule is CCNC(=NCCCN1CCCC1=O)NCCSC.I. The fourth-order valence-corrected chi connectivity index (χ4v) is 2.31. The molecule has 1 heterocycles. The maximum absolute atomic E-state index is 11.4. The van der Waals surface area contributed by atoms with Gasteiger partial charge in [-0.1, -0.05) is 0 Å². The summed E-state index contributed by atoms with van der Waals surface area (Å²) in [5, 5.41) is 6.52. The Morgan fingerprint density at radius 3 is 2.85 bits per heavy atom. The molecule has 118 valence electrons. The van der Waals surface area contributed by atoms with Gasteiger partial charge in [-0.05, 0) is 26.0 Å². The molecule has 0 saturated carbocycles. The van der Waals surface area contributed by atoms with Crippen molar-refractivity contribution in [2.45, 2.75) is 26.2 Å². The summed E-state index contributed by atoms with van der Waals surface area (Å²) in [6.07, 6.45) is 4.77. The van der Waals surface area contributed by atoms with E-state index in [0.29, 0.717) is 5.91 Å². The van der Waals surface area contributed by atoms with E-state index in [1.807, 2.05) is 16.7 Å². The molecule has 0 atom stereocenters. The van der Waals surface area contributed by atoms with Gasteiger partial charge in [0.15, 0.2) is 5.96 Å². The number of likely N-dealkylation sites (tertiary alicyclic amines) is 1. The summed E-state index contributed by atoms with van der Waals surface area (Å²) in [6, 6.07) is 0. The molecule has 7 heteroatoms. The molecular formula is C13H27IN4OS. The van der Waals surface area contributed by atoms with E-state index in [9.17, 15) is 4.79 Å². The minimum atomic E-state index is 0. The van der Waals surface area contributed by atoms with Gasteiger partial charge in [-0.2, -0.15) is 11.8 Å². The van der Waals surface area contributed by atoms with Crippen molar-refractivity contribution >= 4 is 47.6 Å². The molecule has 0 spiro atoms. The minimum absolute atomic E-state index is 0. The number of aliphatic imine (C=N–C) groups is 1. The molecule has 1 rings (SSSR count). The quantitative estimate of drug-likeness (QED) is 0.274. The number of rotatable bonds is 8. The van der Waals surface area contributed by atoms with Crippen LogP contribution in [0, 0.1) is 0 Å². The second-order valence-corrected chi connectivity index (χ2v) is 5.50. The van der Waals surface area contributed by atoms with E-state index < -0.39 is 0 Å². The summed E-state index contributed by atoms with van der Waals surface area (Å²) in [5.74, 6) is 2.26. The normalized spacial score (nSPS) is 15.2. The first-order chi connectivity index (χ1) is 9.27. The Morgan fingerprint density at radius 1 is 1.45 bits per heavy atom. The molecule has 0 unspecified atom stereocenters. The van der Waals surface area contributed by atoms with Crippen molar-refractivity contribution in [3.8, 4) is 0 Å². The van der Waals surface area contributed by atoms with Crippen molar-refractivity contribution in [1.29, 1.82) is 0 Å². The van der Waals surface area contributed by atoms with Crippen LogP contribution in [0.5, 0.6) is 0 Å². The second kappa shape index (κ2) is 12.6. The maximum atomic E-state index is 11.4. The highest BCUT2D eigenvalue weighted by Gasteiger charge is 2.18. The van der Waals surface area contributed by atoms with Crippen LogP contribution in [0.25, 0.3) is 0 Å². The first-order valence-electron chi connectivity index (χ1n) is 7.06. The zero-order chi connectivity index (χ0) is 13.9. The summed E-state index contributed by atoms with van der Waals surface area (Å²) in [4.78, 5) is 17.9. The van der Waals surface area contributed by atoms with Crippen molar-refractivity contribution in [2.24, 2.45) is 4.99 Å². The number of hydrogen-bond donors (Lipinski definition) is 2. The first kappa shape index (κ1) is 19.8. The summed E-state index contributed by atoms with van der Waals surface area (Å²) in [6.45, 7) is 6.39. The van der Waals surface area contributed by atoms with Crippen molar-refractivity contribution in [2.75, 3.05) is 44.7 Å². The van der Waals surface area contributed by atoms with Crippen LogP contribution >= 0.6 is 35.7 Å². The topological polar surface area (TPSA) is 56.7 Å². The largest absolute Gasteiger partial charge is 0.357 e. The molecule has 1 amide bonds. The van der Waals surface area contributed by atoms with E-state index in [-0.39, 0.29) is 24.0 Å². The molecule has 0 aromatic carbocycles. The van der Waals surface area contributed by atoms with Crippen LogP contribution < -0.4 is 10.6 Å². The predicted molar refractivity (Wildman–Crippen MR) is 98.2 cm³/mol. The number of thioether (sulfide) groups is 1. The molecule has 1 aliphatic rings. The van der Waals surface area contributed by atoms with E-state index in [1.165, 1.54) is 0 Å². The highest BCUT2D eigenvalue weighted by Crippen LogP contribution is 2.09. The lowest BCUT2D eigenvalue weighted by atomic mass is 10.4. The van der Waals surface area contributed by atoms with Gasteiger partial charge < -0.3 is 15.5 Å². The Balaban J connectivity index is 0.00000361. The smallest absolute Gasteiger partial charge is 0.222 e. The van der Waals surface area contributed by atoms with Crippen molar-refractivity contribution in [1.82, 2.24) is 15.5 Å². The van der Waals surface area contributed by atoms with Crippen LogP contribution in [-0.2, 0) is 4.79 Å². The molecule has 1 saturated heterocycles. The first-order valence-corrected chi connectivity index (χ1v) is 8.46. The summed E-state index contributed by atoms with van der Waals surface area (Å²) in [7, 11) is 0. The zero-order valence-corrected chi connectivity index (χ0v) is 15.6. The molecule has 1 aliphatic heterocycles. The van der Waals surface area contributed by atoms with Crippen molar-refractivity contribution in [3.63, 3.8) is 0 Å². The van der Waals surface area contributed by atoms with Gasteiger partial charge in [-0.25, -0.2) is 0 Å². The number of amides is 1. The Kier molecular flexibility index (Phi) is 12.4. The van der Waals surface area contributed by atoms with Gasteiger partial charge in [0.2, 0.25) is 5.91 Å². The van der Waals surface area contributed by atoms with Gasteiger partial charge in [-0.15, -0.1) is 24.0 Å². The fourth-order valence-electron chi connectivity index (χ4n) is 2.01. The number of carbonyl (C=O) groups excluding carboxylic acids is 1. The van der Waals surface area contributed by atoms with Crippen molar-refractivity contribution < 1.29 is 4.79 Å². The lowest BCUT2D eigenvalue weighted by Gasteiger charge is -2.15. The summed E-state index contributed by atoms with van der Waals surface area (Å²) < 4.78 is 0. The van der Waals surface area contributed by atoms with Gasteiger partial charge in [0.25, 0.3) is 0 Å². The average Bonchev–Trinajstić information content (AvgIpc) is 2.80. The summed E-state index contributed by atoms with van der Waals surface area (Å²) in [5.41, 5.74) is 0. The number of nitrogens with zero attached hydrogens (tertiary/aromatic N) is 2. The van der Waals surface area contributed by atoms with Gasteiger partial charge >= 0.3 is 0 Å². The fraction of sp³-hybridized carbons (Fsp3) is 0.846. The summed E-state index contributed by atoms with van der Waals surface area (Å²) >= 11 is 1.82. The predicted octanol–water partition coefficient (Wildman–Crippen LogP) is 1.53. The minimum Gasteiger partial charge on any atom is -0.357 e. The molecule has 0 aliphatic carbocycles. The van der Waals surface area contributed by atoms with E-state index in [0.717, 1.165) is 63.7 Å². The van der Waals surface area contributed by atoms with E-state index in [1.54, 1.807) is 0 Å². The third-order valence-electron chi connectivity index (χ3n) is 2.97. The number of nitrogens with one attached hydrogen (secondary N) is 2. The lowest BCUT2D eigenvalue weighted by Crippen LogP contribution is -2.38. The Morgan fingerprint density at radius 2 is 2.25 bits per heavy atom. The highest BCUT2D eigenvalue weighted by molar-refractivity contribution is 14.0. The molecule has 0 radical (unpaired) electrons. The lowest BCUT2D eigenvalue weighted by molar-refractivity contribution is -0.127. The number of carbonyl (C=O) groups is 1. The van der Waals surface area contributed by atoms with Gasteiger partial charge in [-0.3, -0.25) is 9.79 Å². The van der Waals surface area contributed by atoms with Crippen LogP contribution in [0.2, 0.25) is 0 Å².